The minimum Gasteiger partial charge on any atom is -0.324 e. The third-order valence-electron chi connectivity index (χ3n) is 5.84. The normalized spacial score (nSPS) is 14.5. The van der Waals surface area contributed by atoms with Gasteiger partial charge in [-0.3, -0.25) is 4.79 Å². The molecule has 1 fully saturated rings. The van der Waals surface area contributed by atoms with Crippen molar-refractivity contribution in [3.8, 4) is 11.1 Å². The van der Waals surface area contributed by atoms with Crippen molar-refractivity contribution in [2.24, 2.45) is 0 Å². The fraction of sp³-hybridized carbons (Fsp3) is 0.200. The van der Waals surface area contributed by atoms with Crippen LogP contribution in [0.5, 0.6) is 0 Å². The van der Waals surface area contributed by atoms with Gasteiger partial charge in [-0.1, -0.05) is 41.9 Å². The van der Waals surface area contributed by atoms with Crippen LogP contribution in [0.4, 0.5) is 16.2 Å². The molecule has 176 valence electrons. The Balaban J connectivity index is 1.45. The molecule has 9 heteroatoms. The lowest BCUT2D eigenvalue weighted by Crippen LogP contribution is -2.61. The average molecular weight is 498 g/mol. The molecule has 0 spiro atoms. The van der Waals surface area contributed by atoms with Crippen molar-refractivity contribution < 1.29 is 18.0 Å². The highest BCUT2D eigenvalue weighted by atomic mass is 35.5. The molecule has 1 saturated carbocycles. The van der Waals surface area contributed by atoms with Crippen LogP contribution in [-0.4, -0.2) is 32.2 Å². The van der Waals surface area contributed by atoms with Gasteiger partial charge in [-0.25, -0.2) is 13.2 Å². The first-order valence-corrected chi connectivity index (χ1v) is 13.0. The fourth-order valence-corrected chi connectivity index (χ4v) is 4.90. The number of carbonyl (C=O) groups is 2. The molecule has 0 aromatic heterocycles. The van der Waals surface area contributed by atoms with Crippen molar-refractivity contribution in [1.29, 1.82) is 0 Å². The van der Waals surface area contributed by atoms with E-state index in [1.54, 1.807) is 72.8 Å². The molecule has 0 aliphatic heterocycles. The molecule has 4 rings (SSSR count). The number of benzene rings is 3. The molecule has 7 nitrogen and oxygen atoms in total. The van der Waals surface area contributed by atoms with E-state index in [1.165, 1.54) is 6.26 Å². The first-order valence-electron chi connectivity index (χ1n) is 10.7. The maximum Gasteiger partial charge on any atom is 0.320 e. The summed E-state index contributed by atoms with van der Waals surface area (Å²) in [6.45, 7) is 0. The summed E-state index contributed by atoms with van der Waals surface area (Å²) in [5, 5.41) is 8.96. The van der Waals surface area contributed by atoms with Gasteiger partial charge in [0, 0.05) is 28.2 Å². The Morgan fingerprint density at radius 1 is 0.853 bits per heavy atom. The Morgan fingerprint density at radius 2 is 1.44 bits per heavy atom. The van der Waals surface area contributed by atoms with Crippen molar-refractivity contribution in [3.05, 3.63) is 77.8 Å². The number of amides is 3. The lowest BCUT2D eigenvalue weighted by molar-refractivity contribution is -0.125. The van der Waals surface area contributed by atoms with Crippen LogP contribution in [0.3, 0.4) is 0 Å². The van der Waals surface area contributed by atoms with Crippen LogP contribution >= 0.6 is 11.6 Å². The fourth-order valence-electron chi connectivity index (χ4n) is 3.86. The molecule has 0 saturated heterocycles. The van der Waals surface area contributed by atoms with E-state index < -0.39 is 21.4 Å². The molecule has 34 heavy (non-hydrogen) atoms. The van der Waals surface area contributed by atoms with Crippen molar-refractivity contribution in [3.63, 3.8) is 0 Å². The molecule has 3 aromatic rings. The Hall–Kier alpha value is -3.36. The van der Waals surface area contributed by atoms with E-state index in [1.807, 2.05) is 0 Å². The first kappa shape index (κ1) is 23.8. The van der Waals surface area contributed by atoms with Gasteiger partial charge in [0.05, 0.1) is 4.90 Å². The van der Waals surface area contributed by atoms with Crippen LogP contribution in [0.15, 0.2) is 77.7 Å². The average Bonchev–Trinajstić information content (AvgIpc) is 2.78. The quantitative estimate of drug-likeness (QED) is 0.441. The van der Waals surface area contributed by atoms with Crippen LogP contribution < -0.4 is 16.0 Å². The molecule has 3 aromatic carbocycles. The summed E-state index contributed by atoms with van der Waals surface area (Å²) in [5.74, 6) is -0.297. The third-order valence-corrected chi connectivity index (χ3v) is 7.24. The van der Waals surface area contributed by atoms with Crippen molar-refractivity contribution in [1.82, 2.24) is 5.32 Å². The second kappa shape index (κ2) is 9.48. The molecule has 0 heterocycles. The Morgan fingerprint density at radius 3 is 2.03 bits per heavy atom. The summed E-state index contributed by atoms with van der Waals surface area (Å²) in [5.41, 5.74) is 1.45. The summed E-state index contributed by atoms with van der Waals surface area (Å²) in [6.07, 6.45) is 3.07. The minimum absolute atomic E-state index is 0.246. The van der Waals surface area contributed by atoms with Gasteiger partial charge in [0.1, 0.15) is 5.54 Å². The minimum atomic E-state index is -3.38. The number of carbonyl (C=O) groups excluding carboxylic acids is 2. The topological polar surface area (TPSA) is 104 Å². The maximum atomic E-state index is 13.0. The van der Waals surface area contributed by atoms with Gasteiger partial charge in [0.15, 0.2) is 9.84 Å². The second-order valence-electron chi connectivity index (χ2n) is 8.32. The molecular formula is C25H24ClN3O4S. The first-order chi connectivity index (χ1) is 16.2. The number of halogens is 1. The smallest absolute Gasteiger partial charge is 0.320 e. The van der Waals surface area contributed by atoms with Gasteiger partial charge < -0.3 is 16.0 Å². The Labute approximate surface area is 203 Å². The summed E-state index contributed by atoms with van der Waals surface area (Å²) < 4.78 is 24.2. The standard InChI is InChI=1S/C25H24ClN3O4S/c1-34(32,33)22-6-3-2-5-21(22)17-7-11-19(12-8-17)27-23(30)25(15-4-16-25)29-24(31)28-20-13-9-18(26)10-14-20/h2-3,5-14H,4,15-16H2,1H3,(H,27,30)(H2,28,29,31). The monoisotopic (exact) mass is 497 g/mol. The number of urea groups is 1. The van der Waals surface area contributed by atoms with Crippen LogP contribution in [-0.2, 0) is 14.6 Å². The highest BCUT2D eigenvalue weighted by molar-refractivity contribution is 7.90. The third kappa shape index (κ3) is 5.24. The van der Waals surface area contributed by atoms with Gasteiger partial charge in [-0.2, -0.15) is 0 Å². The van der Waals surface area contributed by atoms with Gasteiger partial charge >= 0.3 is 6.03 Å². The SMILES string of the molecule is CS(=O)(=O)c1ccccc1-c1ccc(NC(=O)C2(NC(=O)Nc3ccc(Cl)cc3)CCC2)cc1. The lowest BCUT2D eigenvalue weighted by atomic mass is 9.76. The number of hydrogen-bond acceptors (Lipinski definition) is 4. The van der Waals surface area contributed by atoms with Crippen LogP contribution in [0, 0.1) is 0 Å². The van der Waals surface area contributed by atoms with Crippen LogP contribution in [0.25, 0.3) is 11.1 Å². The van der Waals surface area contributed by atoms with E-state index in [0.29, 0.717) is 34.8 Å². The molecule has 1 aliphatic carbocycles. The van der Waals surface area contributed by atoms with E-state index in [4.69, 9.17) is 11.6 Å². The zero-order valence-corrected chi connectivity index (χ0v) is 20.0. The molecule has 0 atom stereocenters. The van der Waals surface area contributed by atoms with E-state index in [-0.39, 0.29) is 10.8 Å². The van der Waals surface area contributed by atoms with Crippen LogP contribution in [0.2, 0.25) is 5.02 Å². The maximum absolute atomic E-state index is 13.0. The molecular weight excluding hydrogens is 474 g/mol. The molecule has 1 aliphatic rings. The Bertz CT molecular complexity index is 1320. The number of nitrogens with one attached hydrogen (secondary N) is 3. The number of rotatable bonds is 6. The Kier molecular flexibility index (Phi) is 6.63. The van der Waals surface area contributed by atoms with Crippen molar-refractivity contribution >= 4 is 44.8 Å². The molecule has 3 N–H and O–H groups in total. The van der Waals surface area contributed by atoms with E-state index >= 15 is 0 Å². The zero-order valence-electron chi connectivity index (χ0n) is 18.5. The molecule has 3 amide bonds. The lowest BCUT2D eigenvalue weighted by Gasteiger charge is -2.40. The van der Waals surface area contributed by atoms with E-state index in [9.17, 15) is 18.0 Å². The summed E-state index contributed by atoms with van der Waals surface area (Å²) in [6, 6.07) is 20.0. The molecule has 0 bridgehead atoms. The predicted molar refractivity (Wildman–Crippen MR) is 134 cm³/mol. The van der Waals surface area contributed by atoms with Crippen molar-refractivity contribution in [2.75, 3.05) is 16.9 Å². The second-order valence-corrected chi connectivity index (χ2v) is 10.7. The van der Waals surface area contributed by atoms with E-state index in [2.05, 4.69) is 16.0 Å². The number of hydrogen-bond donors (Lipinski definition) is 3. The largest absolute Gasteiger partial charge is 0.324 e. The summed E-state index contributed by atoms with van der Waals surface area (Å²) in [7, 11) is -3.38. The summed E-state index contributed by atoms with van der Waals surface area (Å²) in [4.78, 5) is 25.8. The van der Waals surface area contributed by atoms with Crippen LogP contribution in [0.1, 0.15) is 19.3 Å². The van der Waals surface area contributed by atoms with Gasteiger partial charge in [0.25, 0.3) is 0 Å². The molecule has 0 radical (unpaired) electrons. The van der Waals surface area contributed by atoms with E-state index in [0.717, 1.165) is 12.0 Å². The predicted octanol–water partition coefficient (Wildman–Crippen LogP) is 5.09. The van der Waals surface area contributed by atoms with Gasteiger partial charge in [-0.05, 0) is 67.3 Å². The van der Waals surface area contributed by atoms with Gasteiger partial charge in [-0.15, -0.1) is 0 Å². The number of sulfone groups is 1. The highest BCUT2D eigenvalue weighted by Gasteiger charge is 2.45. The number of anilines is 2. The van der Waals surface area contributed by atoms with Crippen molar-refractivity contribution in [2.45, 2.75) is 29.7 Å². The summed E-state index contributed by atoms with van der Waals surface area (Å²) >= 11 is 5.87. The van der Waals surface area contributed by atoms with Gasteiger partial charge in [0.2, 0.25) is 5.91 Å². The zero-order chi connectivity index (χ0) is 24.3. The molecule has 0 unspecified atom stereocenters. The highest BCUT2D eigenvalue weighted by Crippen LogP contribution is 2.34.